The SMILES string of the molecule is CCCOc1ccc(C(CN2CCN(C)CC2)NC)cc1. The summed E-state index contributed by atoms with van der Waals surface area (Å²) in [7, 11) is 4.24. The van der Waals surface area contributed by atoms with Crippen LogP contribution in [0.2, 0.25) is 0 Å². The number of nitrogens with one attached hydrogen (secondary N) is 1. The second kappa shape index (κ2) is 8.37. The highest BCUT2D eigenvalue weighted by molar-refractivity contribution is 5.29. The van der Waals surface area contributed by atoms with Gasteiger partial charge in [0.05, 0.1) is 6.61 Å². The van der Waals surface area contributed by atoms with Gasteiger partial charge in [0.15, 0.2) is 0 Å². The van der Waals surface area contributed by atoms with Gasteiger partial charge in [-0.3, -0.25) is 4.90 Å². The van der Waals surface area contributed by atoms with Gasteiger partial charge in [-0.05, 0) is 38.2 Å². The van der Waals surface area contributed by atoms with Crippen molar-refractivity contribution in [3.05, 3.63) is 29.8 Å². The molecule has 4 heteroatoms. The van der Waals surface area contributed by atoms with Crippen LogP contribution in [0, 0.1) is 0 Å². The van der Waals surface area contributed by atoms with Gasteiger partial charge in [0.25, 0.3) is 0 Å². The minimum atomic E-state index is 0.383. The van der Waals surface area contributed by atoms with Crippen molar-refractivity contribution in [2.45, 2.75) is 19.4 Å². The molecule has 1 aromatic carbocycles. The lowest BCUT2D eigenvalue weighted by Gasteiger charge is -2.34. The standard InChI is InChI=1S/C17H29N3O/c1-4-13-21-16-7-5-15(6-8-16)17(18-2)14-20-11-9-19(3)10-12-20/h5-8,17-18H,4,9-14H2,1-3H3. The number of benzene rings is 1. The van der Waals surface area contributed by atoms with E-state index in [4.69, 9.17) is 4.74 Å². The molecular formula is C17H29N3O. The third-order valence-electron chi connectivity index (χ3n) is 4.14. The van der Waals surface area contributed by atoms with Crippen LogP contribution in [0.1, 0.15) is 24.9 Å². The second-order valence-corrected chi connectivity index (χ2v) is 5.86. The Morgan fingerprint density at radius 3 is 2.38 bits per heavy atom. The van der Waals surface area contributed by atoms with E-state index in [2.05, 4.69) is 53.4 Å². The lowest BCUT2D eigenvalue weighted by molar-refractivity contribution is 0.143. The molecule has 0 aromatic heterocycles. The van der Waals surface area contributed by atoms with Crippen LogP contribution in [0.25, 0.3) is 0 Å². The minimum absolute atomic E-state index is 0.383. The maximum Gasteiger partial charge on any atom is 0.119 e. The lowest BCUT2D eigenvalue weighted by atomic mass is 10.1. The largest absolute Gasteiger partial charge is 0.494 e. The number of ether oxygens (including phenoxy) is 1. The first kappa shape index (κ1) is 16.3. The van der Waals surface area contributed by atoms with Gasteiger partial charge in [0.1, 0.15) is 5.75 Å². The Morgan fingerprint density at radius 1 is 1.14 bits per heavy atom. The van der Waals surface area contributed by atoms with Crippen molar-refractivity contribution in [3.8, 4) is 5.75 Å². The topological polar surface area (TPSA) is 27.7 Å². The molecule has 0 saturated carbocycles. The number of hydrogen-bond donors (Lipinski definition) is 1. The highest BCUT2D eigenvalue weighted by atomic mass is 16.5. The van der Waals surface area contributed by atoms with E-state index in [1.54, 1.807) is 0 Å². The van der Waals surface area contributed by atoms with Gasteiger partial charge in [-0.1, -0.05) is 19.1 Å². The van der Waals surface area contributed by atoms with Gasteiger partial charge < -0.3 is 15.0 Å². The Balaban J connectivity index is 1.90. The Bertz CT molecular complexity index is 399. The van der Waals surface area contributed by atoms with E-state index in [9.17, 15) is 0 Å². The van der Waals surface area contributed by atoms with Crippen molar-refractivity contribution in [2.24, 2.45) is 0 Å². The van der Waals surface area contributed by atoms with E-state index in [0.717, 1.165) is 38.4 Å². The summed E-state index contributed by atoms with van der Waals surface area (Å²) in [6.07, 6.45) is 1.05. The molecule has 21 heavy (non-hydrogen) atoms. The van der Waals surface area contributed by atoms with E-state index < -0.39 is 0 Å². The van der Waals surface area contributed by atoms with Gasteiger partial charge in [0.2, 0.25) is 0 Å². The van der Waals surface area contributed by atoms with Crippen molar-refractivity contribution < 1.29 is 4.74 Å². The third-order valence-corrected chi connectivity index (χ3v) is 4.14. The fraction of sp³-hybridized carbons (Fsp3) is 0.647. The molecular weight excluding hydrogens is 262 g/mol. The first-order chi connectivity index (χ1) is 10.2. The molecule has 1 N–H and O–H groups in total. The Kier molecular flexibility index (Phi) is 6.49. The molecule has 0 bridgehead atoms. The molecule has 0 amide bonds. The van der Waals surface area contributed by atoms with Crippen molar-refractivity contribution in [3.63, 3.8) is 0 Å². The third kappa shape index (κ3) is 4.99. The number of nitrogens with zero attached hydrogens (tertiary/aromatic N) is 2. The molecule has 1 aromatic rings. The zero-order valence-corrected chi connectivity index (χ0v) is 13.6. The summed E-state index contributed by atoms with van der Waals surface area (Å²) in [5.41, 5.74) is 1.33. The van der Waals surface area contributed by atoms with Crippen LogP contribution in [0.4, 0.5) is 0 Å². The first-order valence-electron chi connectivity index (χ1n) is 8.04. The molecule has 2 rings (SSSR count). The summed E-state index contributed by atoms with van der Waals surface area (Å²) in [6.45, 7) is 8.64. The van der Waals surface area contributed by atoms with Gasteiger partial charge in [0, 0.05) is 38.8 Å². The molecule has 0 aliphatic carbocycles. The maximum atomic E-state index is 5.65. The molecule has 4 nitrogen and oxygen atoms in total. The van der Waals surface area contributed by atoms with E-state index in [1.165, 1.54) is 18.7 Å². The van der Waals surface area contributed by atoms with E-state index in [1.807, 2.05) is 7.05 Å². The molecule has 1 heterocycles. The summed E-state index contributed by atoms with van der Waals surface area (Å²) in [5, 5.41) is 3.44. The highest BCUT2D eigenvalue weighted by Gasteiger charge is 2.18. The minimum Gasteiger partial charge on any atom is -0.494 e. The molecule has 118 valence electrons. The fourth-order valence-corrected chi connectivity index (χ4v) is 2.67. The number of piperazine rings is 1. The van der Waals surface area contributed by atoms with Crippen molar-refractivity contribution in [1.82, 2.24) is 15.1 Å². The van der Waals surface area contributed by atoms with Crippen molar-refractivity contribution in [1.29, 1.82) is 0 Å². The normalized spacial score (nSPS) is 18.6. The first-order valence-corrected chi connectivity index (χ1v) is 8.04. The van der Waals surface area contributed by atoms with Crippen molar-refractivity contribution >= 4 is 0 Å². The molecule has 1 fully saturated rings. The lowest BCUT2D eigenvalue weighted by Crippen LogP contribution is -2.47. The molecule has 1 atom stereocenters. The smallest absolute Gasteiger partial charge is 0.119 e. The van der Waals surface area contributed by atoms with Crippen LogP contribution in [-0.4, -0.2) is 63.2 Å². The van der Waals surface area contributed by atoms with Crippen LogP contribution >= 0.6 is 0 Å². The van der Waals surface area contributed by atoms with Gasteiger partial charge in [-0.15, -0.1) is 0 Å². The Hall–Kier alpha value is -1.10. The summed E-state index contributed by atoms with van der Waals surface area (Å²) in [6, 6.07) is 8.91. The molecule has 1 unspecified atom stereocenters. The Morgan fingerprint density at radius 2 is 1.81 bits per heavy atom. The number of rotatable bonds is 7. The molecule has 0 radical (unpaired) electrons. The average Bonchev–Trinajstić information content (AvgIpc) is 2.53. The van der Waals surface area contributed by atoms with Gasteiger partial charge in [-0.25, -0.2) is 0 Å². The number of likely N-dealkylation sites (N-methyl/N-ethyl adjacent to an activating group) is 2. The van der Waals surface area contributed by atoms with E-state index in [0.29, 0.717) is 6.04 Å². The van der Waals surface area contributed by atoms with Gasteiger partial charge in [-0.2, -0.15) is 0 Å². The summed E-state index contributed by atoms with van der Waals surface area (Å²) in [5.74, 6) is 0.968. The molecule has 1 saturated heterocycles. The average molecular weight is 291 g/mol. The highest BCUT2D eigenvalue weighted by Crippen LogP contribution is 2.19. The quantitative estimate of drug-likeness (QED) is 0.831. The second-order valence-electron chi connectivity index (χ2n) is 5.86. The van der Waals surface area contributed by atoms with Gasteiger partial charge >= 0.3 is 0 Å². The van der Waals surface area contributed by atoms with Crippen LogP contribution in [-0.2, 0) is 0 Å². The monoisotopic (exact) mass is 291 g/mol. The predicted octanol–water partition coefficient (Wildman–Crippen LogP) is 1.98. The molecule has 1 aliphatic heterocycles. The van der Waals surface area contributed by atoms with Crippen LogP contribution in [0.5, 0.6) is 5.75 Å². The molecule has 1 aliphatic rings. The molecule has 0 spiro atoms. The van der Waals surface area contributed by atoms with Crippen molar-refractivity contribution in [2.75, 3.05) is 53.4 Å². The maximum absolute atomic E-state index is 5.65. The summed E-state index contributed by atoms with van der Waals surface area (Å²) >= 11 is 0. The summed E-state index contributed by atoms with van der Waals surface area (Å²) < 4.78 is 5.65. The number of hydrogen-bond acceptors (Lipinski definition) is 4. The van der Waals surface area contributed by atoms with Crippen LogP contribution in [0.15, 0.2) is 24.3 Å². The zero-order valence-electron chi connectivity index (χ0n) is 13.6. The van der Waals surface area contributed by atoms with E-state index >= 15 is 0 Å². The predicted molar refractivity (Wildman–Crippen MR) is 88.0 cm³/mol. The Labute approximate surface area is 129 Å². The zero-order chi connectivity index (χ0) is 15.1. The van der Waals surface area contributed by atoms with Crippen LogP contribution < -0.4 is 10.1 Å². The fourth-order valence-electron chi connectivity index (χ4n) is 2.67. The summed E-state index contributed by atoms with van der Waals surface area (Å²) in [4.78, 5) is 4.94. The van der Waals surface area contributed by atoms with E-state index in [-0.39, 0.29) is 0 Å². The van der Waals surface area contributed by atoms with Crippen LogP contribution in [0.3, 0.4) is 0 Å².